The number of aromatic nitrogens is 2. The van der Waals surface area contributed by atoms with Gasteiger partial charge in [-0.15, -0.1) is 18.2 Å². The third-order valence-electron chi connectivity index (χ3n) is 8.14. The second-order valence-corrected chi connectivity index (χ2v) is 25.0. The maximum absolute atomic E-state index is 8.80. The van der Waals surface area contributed by atoms with E-state index >= 15 is 0 Å². The molecule has 0 bridgehead atoms. The van der Waals surface area contributed by atoms with Crippen molar-refractivity contribution in [3.8, 4) is 22.5 Å². The molecule has 0 unspecified atom stereocenters. The number of fused-ring (bicyclic) bond motifs is 4. The summed E-state index contributed by atoms with van der Waals surface area (Å²) in [4.78, 5) is 8.91. The number of hydrogen-bond acceptors (Lipinski definition) is 3. The van der Waals surface area contributed by atoms with Gasteiger partial charge >= 0.3 is 120 Å². The molecule has 0 amide bonds. The molecule has 1 radical (unpaired) electrons. The van der Waals surface area contributed by atoms with Crippen LogP contribution in [-0.4, -0.2) is 23.2 Å². The van der Waals surface area contributed by atoms with Crippen molar-refractivity contribution in [1.29, 1.82) is 0 Å². The van der Waals surface area contributed by atoms with Crippen LogP contribution in [0.15, 0.2) is 102 Å². The minimum absolute atomic E-state index is 0. The van der Waals surface area contributed by atoms with Crippen LogP contribution in [0.5, 0.6) is 0 Å². The molecule has 253 valence electrons. The Labute approximate surface area is 318 Å². The largest absolute Gasteiger partial charge is 0.501 e. The molecule has 0 N–H and O–H groups in total. The second-order valence-electron chi connectivity index (χ2n) is 14.5. The molecule has 0 spiro atoms. The van der Waals surface area contributed by atoms with Crippen molar-refractivity contribution >= 4 is 50.4 Å². The first-order valence-electron chi connectivity index (χ1n) is 19.8. The van der Waals surface area contributed by atoms with Crippen LogP contribution in [0.4, 0.5) is 0 Å². The fourth-order valence-corrected chi connectivity index (χ4v) is 9.15. The zero-order valence-corrected chi connectivity index (χ0v) is 33.8. The predicted molar refractivity (Wildman–Crippen MR) is 207 cm³/mol. The van der Waals surface area contributed by atoms with Crippen LogP contribution in [0.2, 0.25) is 17.3 Å². The SMILES string of the molecule is [2H]C(C)(C)c1cc(-c2[c-]cccc2)nc[c]1[Ge]([CH3])([CH3])[CH3].[2H]c1nc(-c2[c-]ccc3c2oc2cc4ccccc4cc23)cc(C([2H])([2H])C(C)(C)C)c1C([2H])([2H])[2H].[Ir]. The van der Waals surface area contributed by atoms with E-state index in [1.165, 1.54) is 10.5 Å². The second kappa shape index (κ2) is 14.7. The van der Waals surface area contributed by atoms with Gasteiger partial charge in [-0.3, -0.25) is 0 Å². The van der Waals surface area contributed by atoms with E-state index in [9.17, 15) is 0 Å². The van der Waals surface area contributed by atoms with Crippen molar-refractivity contribution in [2.45, 2.75) is 71.0 Å². The molecule has 0 saturated carbocycles. The maximum Gasteiger partial charge on any atom is 0.121 e. The fourth-order valence-electron chi connectivity index (χ4n) is 5.83. The number of hydrogen-bond donors (Lipinski definition) is 0. The van der Waals surface area contributed by atoms with Crippen LogP contribution >= 0.6 is 0 Å². The minimum Gasteiger partial charge on any atom is -0.501 e. The molecule has 0 aliphatic carbocycles. The maximum atomic E-state index is 8.80. The Hall–Kier alpha value is -3.57. The molecule has 0 aliphatic rings. The van der Waals surface area contributed by atoms with E-state index in [1.807, 2.05) is 80.7 Å². The zero-order valence-electron chi connectivity index (χ0n) is 36.3. The minimum atomic E-state index is -2.69. The van der Waals surface area contributed by atoms with Crippen molar-refractivity contribution in [1.82, 2.24) is 9.97 Å². The van der Waals surface area contributed by atoms with Crippen LogP contribution < -0.4 is 4.40 Å². The van der Waals surface area contributed by atoms with E-state index in [-0.39, 0.29) is 36.9 Å². The molecule has 7 rings (SSSR count). The number of pyridine rings is 2. The van der Waals surface area contributed by atoms with Gasteiger partial charge in [0.15, 0.2) is 0 Å². The monoisotopic (exact) mass is 892 g/mol. The first-order valence-corrected chi connectivity index (χ1v) is 23.6. The predicted octanol–water partition coefficient (Wildman–Crippen LogP) is 11.7. The Kier molecular flexibility index (Phi) is 8.47. The summed E-state index contributed by atoms with van der Waals surface area (Å²) in [5.74, 6) is 6.45. The van der Waals surface area contributed by atoms with Gasteiger partial charge in [-0.1, -0.05) is 67.6 Å². The average Bonchev–Trinajstić information content (AvgIpc) is 3.46. The average molecular weight is 891 g/mol. The Bertz CT molecular complexity index is 2530. The number of benzene rings is 4. The summed E-state index contributed by atoms with van der Waals surface area (Å²) in [6, 6.07) is 33.4. The van der Waals surface area contributed by atoms with Crippen LogP contribution in [0.25, 0.3) is 55.2 Å². The first-order chi connectivity index (χ1) is 25.5. The van der Waals surface area contributed by atoms with Gasteiger partial charge in [0, 0.05) is 38.5 Å². The molecule has 0 aliphatic heterocycles. The van der Waals surface area contributed by atoms with Gasteiger partial charge in [-0.25, -0.2) is 0 Å². The van der Waals surface area contributed by atoms with E-state index in [0.717, 1.165) is 38.4 Å². The Balaban J connectivity index is 0.000000244. The standard InChI is InChI=1S/C27H24NO.C17H22GeN.Ir/c1-17-16-28-24(13-20(17)15-27(2,3)4)22-11-7-10-21-23-12-18-8-5-6-9-19(18)14-25(23)29-26(21)22;1-13(2)15-11-17(14-9-7-6-8-10-14)19-12-16(15)18(3,4)5;/h5-10,12-14,16H,15H2,1-4H3;6-9,11-13H,1-5H3;/q2*-1;/i1D3,15D2,16D;13D;. The normalized spacial score (nSPS) is 14.7. The Morgan fingerprint density at radius 1 is 0.898 bits per heavy atom. The zero-order chi connectivity index (χ0) is 40.3. The van der Waals surface area contributed by atoms with Gasteiger partial charge in [0.2, 0.25) is 0 Å². The molecule has 49 heavy (non-hydrogen) atoms. The third-order valence-corrected chi connectivity index (χ3v) is 12.4. The summed E-state index contributed by atoms with van der Waals surface area (Å²) < 4.78 is 66.0. The van der Waals surface area contributed by atoms with E-state index < -0.39 is 44.0 Å². The van der Waals surface area contributed by atoms with Crippen molar-refractivity contribution in [3.05, 3.63) is 126 Å². The summed E-state index contributed by atoms with van der Waals surface area (Å²) in [6.07, 6.45) is -0.510. The van der Waals surface area contributed by atoms with E-state index in [0.29, 0.717) is 16.7 Å². The summed E-state index contributed by atoms with van der Waals surface area (Å²) in [5.41, 5.74) is 3.57. The molecular formula is C44H46GeIrN2O-2. The molecular weight excluding hydrogens is 837 g/mol. The summed E-state index contributed by atoms with van der Waals surface area (Å²) in [5, 5.41) is 3.88. The fraction of sp³-hybridized carbons (Fsp3) is 0.273. The summed E-state index contributed by atoms with van der Waals surface area (Å²) in [6.45, 7) is 6.34. The topological polar surface area (TPSA) is 38.9 Å². The van der Waals surface area contributed by atoms with E-state index in [4.69, 9.17) is 14.0 Å². The van der Waals surface area contributed by atoms with Gasteiger partial charge in [0.1, 0.15) is 5.58 Å². The summed E-state index contributed by atoms with van der Waals surface area (Å²) >= 11 is -2.03. The molecule has 0 fully saturated rings. The van der Waals surface area contributed by atoms with Gasteiger partial charge < -0.3 is 9.40 Å². The Morgan fingerprint density at radius 2 is 1.63 bits per heavy atom. The number of nitrogens with zero attached hydrogens (tertiary/aromatic N) is 2. The number of rotatable bonds is 5. The molecule has 0 saturated heterocycles. The quantitative estimate of drug-likeness (QED) is 0.128. The van der Waals surface area contributed by atoms with Crippen LogP contribution in [-0.2, 0) is 26.5 Å². The molecule has 5 heteroatoms. The van der Waals surface area contributed by atoms with Crippen molar-refractivity contribution < 1.29 is 34.1 Å². The van der Waals surface area contributed by atoms with Gasteiger partial charge in [-0.2, -0.15) is 0 Å². The van der Waals surface area contributed by atoms with Crippen molar-refractivity contribution in [3.63, 3.8) is 0 Å². The van der Waals surface area contributed by atoms with E-state index in [2.05, 4.69) is 51.5 Å². The Morgan fingerprint density at radius 3 is 2.29 bits per heavy atom. The van der Waals surface area contributed by atoms with Crippen LogP contribution in [0.1, 0.15) is 66.8 Å². The van der Waals surface area contributed by atoms with Gasteiger partial charge in [0.05, 0.1) is 6.95 Å². The molecule has 4 aromatic carbocycles. The van der Waals surface area contributed by atoms with Crippen LogP contribution in [0.3, 0.4) is 0 Å². The molecule has 7 aromatic rings. The molecule has 0 atom stereocenters. The van der Waals surface area contributed by atoms with Crippen molar-refractivity contribution in [2.24, 2.45) is 5.41 Å². The smallest absolute Gasteiger partial charge is 0.121 e. The molecule has 3 heterocycles. The molecule has 3 nitrogen and oxygen atoms in total. The molecule has 3 aromatic heterocycles. The third kappa shape index (κ3) is 8.26. The van der Waals surface area contributed by atoms with Crippen molar-refractivity contribution in [2.75, 3.05) is 0 Å². The number of furan rings is 1. The van der Waals surface area contributed by atoms with E-state index in [1.54, 1.807) is 26.8 Å². The van der Waals surface area contributed by atoms with Crippen LogP contribution in [0, 0.1) is 24.4 Å². The first kappa shape index (κ1) is 28.2. The van der Waals surface area contributed by atoms with Gasteiger partial charge in [-0.05, 0) is 52.8 Å². The summed E-state index contributed by atoms with van der Waals surface area (Å²) in [7, 11) is 0. The van der Waals surface area contributed by atoms with Gasteiger partial charge in [0.25, 0.3) is 0 Å².